The van der Waals surface area contributed by atoms with Gasteiger partial charge in [-0.3, -0.25) is 0 Å². The monoisotopic (exact) mass is 329 g/mol. The fourth-order valence-corrected chi connectivity index (χ4v) is 1.98. The minimum Gasteiger partial charge on any atom is -0.494 e. The summed E-state index contributed by atoms with van der Waals surface area (Å²) in [7, 11) is 0. The highest BCUT2D eigenvalue weighted by molar-refractivity contribution is 5.79. The van der Waals surface area contributed by atoms with E-state index in [9.17, 15) is 14.7 Å². The molecule has 0 aliphatic heterocycles. The Labute approximate surface area is 140 Å². The number of hydrogen-bond donors (Lipinski definition) is 2. The number of ether oxygens (including phenoxy) is 2. The summed E-state index contributed by atoms with van der Waals surface area (Å²) in [5.41, 5.74) is 0.826. The maximum atomic E-state index is 11.7. The lowest BCUT2D eigenvalue weighted by molar-refractivity contribution is -0.139. The highest BCUT2D eigenvalue weighted by atomic mass is 16.5. The van der Waals surface area contributed by atoms with E-state index < -0.39 is 18.1 Å². The summed E-state index contributed by atoms with van der Waals surface area (Å²) in [6.07, 6.45) is -0.643. The fourth-order valence-electron chi connectivity index (χ4n) is 1.98. The molecule has 0 aromatic heterocycles. The molecule has 0 saturated heterocycles. The van der Waals surface area contributed by atoms with Crippen molar-refractivity contribution in [2.75, 3.05) is 6.61 Å². The number of nitrogens with one attached hydrogen (secondary N) is 1. The summed E-state index contributed by atoms with van der Waals surface area (Å²) in [6, 6.07) is 17.1. The van der Waals surface area contributed by atoms with Gasteiger partial charge in [0.05, 0.1) is 6.61 Å². The van der Waals surface area contributed by atoms with Crippen molar-refractivity contribution in [3.05, 3.63) is 66.2 Å². The highest BCUT2D eigenvalue weighted by Gasteiger charge is 2.20. The van der Waals surface area contributed by atoms with Gasteiger partial charge in [-0.25, -0.2) is 9.59 Å². The number of carbonyl (C=O) groups is 2. The van der Waals surface area contributed by atoms with Crippen molar-refractivity contribution in [3.8, 4) is 5.75 Å². The van der Waals surface area contributed by atoms with Crippen LogP contribution in [0.1, 0.15) is 12.0 Å². The Morgan fingerprint density at radius 2 is 1.62 bits per heavy atom. The number of aliphatic carboxylic acids is 1. The Hall–Kier alpha value is -3.02. The molecule has 24 heavy (non-hydrogen) atoms. The molecular formula is C18H19NO5. The molecule has 6 heteroatoms. The summed E-state index contributed by atoms with van der Waals surface area (Å²) >= 11 is 0. The lowest BCUT2D eigenvalue weighted by Crippen LogP contribution is -2.42. The first-order valence-electron chi connectivity index (χ1n) is 7.53. The third-order valence-corrected chi connectivity index (χ3v) is 3.22. The average molecular weight is 329 g/mol. The quantitative estimate of drug-likeness (QED) is 0.778. The maximum Gasteiger partial charge on any atom is 0.408 e. The molecule has 2 N–H and O–H groups in total. The van der Waals surface area contributed by atoms with Crippen molar-refractivity contribution in [2.45, 2.75) is 19.1 Å². The van der Waals surface area contributed by atoms with Crippen molar-refractivity contribution in [2.24, 2.45) is 0 Å². The number of rotatable bonds is 8. The van der Waals surface area contributed by atoms with E-state index in [1.165, 1.54) is 0 Å². The minimum atomic E-state index is -1.14. The smallest absolute Gasteiger partial charge is 0.408 e. The molecule has 1 amide bonds. The average Bonchev–Trinajstić information content (AvgIpc) is 2.61. The molecule has 2 aromatic carbocycles. The second kappa shape index (κ2) is 9.19. The first-order valence-corrected chi connectivity index (χ1v) is 7.53. The van der Waals surface area contributed by atoms with Crippen LogP contribution in [0, 0.1) is 0 Å². The second-order valence-corrected chi connectivity index (χ2v) is 5.05. The number of para-hydroxylation sites is 1. The molecule has 126 valence electrons. The molecule has 0 fully saturated rings. The molecule has 0 aliphatic carbocycles. The predicted octanol–water partition coefficient (Wildman–Crippen LogP) is 2.84. The number of carbonyl (C=O) groups excluding carboxylic acids is 1. The fraction of sp³-hybridized carbons (Fsp3) is 0.222. The van der Waals surface area contributed by atoms with E-state index in [-0.39, 0.29) is 19.6 Å². The molecule has 0 heterocycles. The summed E-state index contributed by atoms with van der Waals surface area (Å²) in [5, 5.41) is 11.5. The summed E-state index contributed by atoms with van der Waals surface area (Å²) in [5.74, 6) is -0.489. The standard InChI is InChI=1S/C18H19NO5/c20-17(21)16(11-12-23-15-9-5-2-6-10-15)19-18(22)24-13-14-7-3-1-4-8-14/h1-10,16H,11-13H2,(H,19,22)(H,20,21)/t16-/m0/s1. The molecule has 1 atom stereocenters. The van der Waals surface area contributed by atoms with Crippen molar-refractivity contribution in [1.82, 2.24) is 5.32 Å². The first kappa shape index (κ1) is 17.3. The molecule has 0 spiro atoms. The molecule has 0 unspecified atom stereocenters. The number of benzene rings is 2. The zero-order valence-electron chi connectivity index (χ0n) is 13.1. The zero-order valence-corrected chi connectivity index (χ0v) is 13.1. The number of amides is 1. The number of alkyl carbamates (subject to hydrolysis) is 1. The molecule has 6 nitrogen and oxygen atoms in total. The molecule has 0 saturated carbocycles. The topological polar surface area (TPSA) is 84.9 Å². The van der Waals surface area contributed by atoms with Crippen molar-refractivity contribution in [3.63, 3.8) is 0 Å². The maximum absolute atomic E-state index is 11.7. The summed E-state index contributed by atoms with van der Waals surface area (Å²) in [6.45, 7) is 0.249. The normalized spacial score (nSPS) is 11.3. The van der Waals surface area contributed by atoms with E-state index in [1.54, 1.807) is 12.1 Å². The van der Waals surface area contributed by atoms with Crippen LogP contribution in [-0.2, 0) is 16.1 Å². The molecule has 2 rings (SSSR count). The van der Waals surface area contributed by atoms with Gasteiger partial charge in [-0.15, -0.1) is 0 Å². The zero-order chi connectivity index (χ0) is 17.2. The molecule has 0 radical (unpaired) electrons. The first-order chi connectivity index (χ1) is 11.6. The second-order valence-electron chi connectivity index (χ2n) is 5.05. The van der Waals surface area contributed by atoms with Crippen LogP contribution in [0.4, 0.5) is 4.79 Å². The lowest BCUT2D eigenvalue weighted by atomic mass is 10.2. The van der Waals surface area contributed by atoms with Gasteiger partial charge in [-0.05, 0) is 17.7 Å². The van der Waals surface area contributed by atoms with E-state index in [0.717, 1.165) is 5.56 Å². The Morgan fingerprint density at radius 3 is 2.25 bits per heavy atom. The van der Waals surface area contributed by atoms with Gasteiger partial charge in [-0.1, -0.05) is 48.5 Å². The van der Waals surface area contributed by atoms with Crippen LogP contribution < -0.4 is 10.1 Å². The molecule has 2 aromatic rings. The van der Waals surface area contributed by atoms with Crippen molar-refractivity contribution < 1.29 is 24.2 Å². The van der Waals surface area contributed by atoms with E-state index in [0.29, 0.717) is 5.75 Å². The van der Waals surface area contributed by atoms with Crippen LogP contribution in [0.2, 0.25) is 0 Å². The molecule has 0 bridgehead atoms. The summed E-state index contributed by atoms with van der Waals surface area (Å²) < 4.78 is 10.5. The van der Waals surface area contributed by atoms with E-state index >= 15 is 0 Å². The van der Waals surface area contributed by atoms with Gasteiger partial charge in [0.15, 0.2) is 0 Å². The SMILES string of the molecule is O=C(N[C@@H](CCOc1ccccc1)C(=O)O)OCc1ccccc1. The predicted molar refractivity (Wildman–Crippen MR) is 87.7 cm³/mol. The highest BCUT2D eigenvalue weighted by Crippen LogP contribution is 2.09. The summed E-state index contributed by atoms with van der Waals surface area (Å²) in [4.78, 5) is 23.0. The van der Waals surface area contributed by atoms with E-state index in [4.69, 9.17) is 9.47 Å². The van der Waals surface area contributed by atoms with Crippen LogP contribution in [-0.4, -0.2) is 29.8 Å². The minimum absolute atomic E-state index is 0.0829. The Balaban J connectivity index is 1.75. The Kier molecular flexibility index (Phi) is 6.64. The number of hydrogen-bond acceptors (Lipinski definition) is 4. The van der Waals surface area contributed by atoms with Crippen LogP contribution in [0.5, 0.6) is 5.75 Å². The lowest BCUT2D eigenvalue weighted by Gasteiger charge is -2.15. The van der Waals surface area contributed by atoms with E-state index in [2.05, 4.69) is 5.32 Å². The van der Waals surface area contributed by atoms with Crippen LogP contribution >= 0.6 is 0 Å². The molecule has 0 aliphatic rings. The van der Waals surface area contributed by atoms with Gasteiger partial charge in [0, 0.05) is 6.42 Å². The molecular weight excluding hydrogens is 310 g/mol. The largest absolute Gasteiger partial charge is 0.494 e. The van der Waals surface area contributed by atoms with Crippen molar-refractivity contribution >= 4 is 12.1 Å². The number of carboxylic acid groups (broad SMARTS) is 1. The Morgan fingerprint density at radius 1 is 1.00 bits per heavy atom. The van der Waals surface area contributed by atoms with Gasteiger partial charge < -0.3 is 19.9 Å². The van der Waals surface area contributed by atoms with Gasteiger partial charge in [0.1, 0.15) is 18.4 Å². The van der Waals surface area contributed by atoms with Gasteiger partial charge >= 0.3 is 12.1 Å². The van der Waals surface area contributed by atoms with Crippen molar-refractivity contribution in [1.29, 1.82) is 0 Å². The number of carboxylic acids is 1. The van der Waals surface area contributed by atoms with Gasteiger partial charge in [0.25, 0.3) is 0 Å². The van der Waals surface area contributed by atoms with Gasteiger partial charge in [-0.2, -0.15) is 0 Å². The Bertz CT molecular complexity index is 645. The van der Waals surface area contributed by atoms with Crippen LogP contribution in [0.3, 0.4) is 0 Å². The van der Waals surface area contributed by atoms with Crippen LogP contribution in [0.15, 0.2) is 60.7 Å². The van der Waals surface area contributed by atoms with E-state index in [1.807, 2.05) is 48.5 Å². The van der Waals surface area contributed by atoms with Gasteiger partial charge in [0.2, 0.25) is 0 Å². The third-order valence-electron chi connectivity index (χ3n) is 3.22. The third kappa shape index (κ3) is 6.00. The van der Waals surface area contributed by atoms with Crippen LogP contribution in [0.25, 0.3) is 0 Å².